The number of anilines is 1. The lowest BCUT2D eigenvalue weighted by atomic mass is 10.1. The van der Waals surface area contributed by atoms with Crippen molar-refractivity contribution in [2.45, 2.75) is 26.2 Å². The zero-order valence-electron chi connectivity index (χ0n) is 8.83. The average molecular weight is 194 g/mol. The molecule has 1 rings (SSSR count). The van der Waals surface area contributed by atoms with E-state index in [9.17, 15) is 0 Å². The predicted octanol–water partition coefficient (Wildman–Crippen LogP) is 2.00. The van der Waals surface area contributed by atoms with Crippen molar-refractivity contribution in [2.75, 3.05) is 18.5 Å². The van der Waals surface area contributed by atoms with Crippen LogP contribution < -0.4 is 5.32 Å². The molecule has 1 aromatic rings. The number of hydrogen-bond donors (Lipinski definition) is 2. The SMILES string of the molecule is CC(C)c1ccnc(NCCCO)c1. The predicted molar refractivity (Wildman–Crippen MR) is 58.5 cm³/mol. The van der Waals surface area contributed by atoms with Crippen LogP contribution in [0.25, 0.3) is 0 Å². The zero-order chi connectivity index (χ0) is 10.4. The minimum absolute atomic E-state index is 0.219. The molecule has 0 saturated carbocycles. The molecule has 0 fully saturated rings. The standard InChI is InChI=1S/C11H18N2O/c1-9(2)10-4-6-13-11(8-10)12-5-3-7-14/h4,6,8-9,14H,3,5,7H2,1-2H3,(H,12,13). The van der Waals surface area contributed by atoms with Crippen LogP contribution in [0.3, 0.4) is 0 Å². The Morgan fingerprint density at radius 2 is 2.29 bits per heavy atom. The van der Waals surface area contributed by atoms with Crippen molar-refractivity contribution in [1.29, 1.82) is 0 Å². The summed E-state index contributed by atoms with van der Waals surface area (Å²) in [5.41, 5.74) is 1.28. The topological polar surface area (TPSA) is 45.2 Å². The highest BCUT2D eigenvalue weighted by molar-refractivity contribution is 5.38. The smallest absolute Gasteiger partial charge is 0.126 e. The average Bonchev–Trinajstić information content (AvgIpc) is 2.19. The summed E-state index contributed by atoms with van der Waals surface area (Å²) in [6, 6.07) is 4.09. The molecule has 0 spiro atoms. The molecular weight excluding hydrogens is 176 g/mol. The van der Waals surface area contributed by atoms with E-state index >= 15 is 0 Å². The molecule has 0 saturated heterocycles. The second kappa shape index (κ2) is 5.60. The van der Waals surface area contributed by atoms with E-state index in [-0.39, 0.29) is 6.61 Å². The molecular formula is C11H18N2O. The monoisotopic (exact) mass is 194 g/mol. The molecule has 3 nitrogen and oxygen atoms in total. The van der Waals surface area contributed by atoms with Crippen molar-refractivity contribution in [1.82, 2.24) is 4.98 Å². The lowest BCUT2D eigenvalue weighted by molar-refractivity contribution is 0.292. The molecule has 0 bridgehead atoms. The molecule has 3 heteroatoms. The van der Waals surface area contributed by atoms with Gasteiger partial charge in [-0.3, -0.25) is 0 Å². The highest BCUT2D eigenvalue weighted by Crippen LogP contribution is 2.16. The third-order valence-electron chi connectivity index (χ3n) is 2.09. The van der Waals surface area contributed by atoms with Gasteiger partial charge in [0.2, 0.25) is 0 Å². The summed E-state index contributed by atoms with van der Waals surface area (Å²) in [7, 11) is 0. The van der Waals surface area contributed by atoms with Gasteiger partial charge in [-0.25, -0.2) is 4.98 Å². The minimum Gasteiger partial charge on any atom is -0.396 e. The highest BCUT2D eigenvalue weighted by atomic mass is 16.3. The van der Waals surface area contributed by atoms with Gasteiger partial charge >= 0.3 is 0 Å². The first-order valence-corrected chi connectivity index (χ1v) is 5.04. The van der Waals surface area contributed by atoms with Crippen LogP contribution in [0, 0.1) is 0 Å². The van der Waals surface area contributed by atoms with E-state index in [0.717, 1.165) is 18.8 Å². The zero-order valence-corrected chi connectivity index (χ0v) is 8.83. The summed E-state index contributed by atoms with van der Waals surface area (Å²) in [6.07, 6.45) is 2.57. The van der Waals surface area contributed by atoms with Gasteiger partial charge in [0.15, 0.2) is 0 Å². The lowest BCUT2D eigenvalue weighted by Crippen LogP contribution is -2.05. The number of rotatable bonds is 5. The second-order valence-corrected chi connectivity index (χ2v) is 3.63. The molecule has 0 aliphatic carbocycles. The van der Waals surface area contributed by atoms with E-state index in [1.807, 2.05) is 12.3 Å². The molecule has 0 radical (unpaired) electrons. The maximum Gasteiger partial charge on any atom is 0.126 e. The van der Waals surface area contributed by atoms with Crippen molar-refractivity contribution in [3.8, 4) is 0 Å². The van der Waals surface area contributed by atoms with E-state index in [0.29, 0.717) is 5.92 Å². The van der Waals surface area contributed by atoms with Crippen LogP contribution in [0.5, 0.6) is 0 Å². The van der Waals surface area contributed by atoms with E-state index in [4.69, 9.17) is 5.11 Å². The Morgan fingerprint density at radius 3 is 2.93 bits per heavy atom. The molecule has 14 heavy (non-hydrogen) atoms. The number of aliphatic hydroxyl groups excluding tert-OH is 1. The maximum atomic E-state index is 8.63. The second-order valence-electron chi connectivity index (χ2n) is 3.63. The number of aliphatic hydroxyl groups is 1. The van der Waals surface area contributed by atoms with Gasteiger partial charge in [-0.2, -0.15) is 0 Å². The molecule has 0 aromatic carbocycles. The lowest BCUT2D eigenvalue weighted by Gasteiger charge is -2.08. The summed E-state index contributed by atoms with van der Waals surface area (Å²) in [6.45, 7) is 5.31. The molecule has 0 aliphatic heterocycles. The largest absolute Gasteiger partial charge is 0.396 e. The number of nitrogens with zero attached hydrogens (tertiary/aromatic N) is 1. The Hall–Kier alpha value is -1.09. The fourth-order valence-electron chi connectivity index (χ4n) is 1.20. The van der Waals surface area contributed by atoms with E-state index in [2.05, 4.69) is 30.2 Å². The maximum absolute atomic E-state index is 8.63. The van der Waals surface area contributed by atoms with Crippen LogP contribution in [0.1, 0.15) is 31.7 Å². The summed E-state index contributed by atoms with van der Waals surface area (Å²) in [5.74, 6) is 1.42. The third kappa shape index (κ3) is 3.34. The number of aromatic nitrogens is 1. The van der Waals surface area contributed by atoms with Gasteiger partial charge < -0.3 is 10.4 Å². The first-order valence-electron chi connectivity index (χ1n) is 5.04. The Bertz CT molecular complexity index is 274. The summed E-state index contributed by atoms with van der Waals surface area (Å²) < 4.78 is 0. The van der Waals surface area contributed by atoms with Crippen LogP contribution >= 0.6 is 0 Å². The first-order chi connectivity index (χ1) is 6.74. The Kier molecular flexibility index (Phi) is 4.40. The molecule has 78 valence electrons. The minimum atomic E-state index is 0.219. The molecule has 0 aliphatic rings. The summed E-state index contributed by atoms with van der Waals surface area (Å²) in [5, 5.41) is 11.8. The molecule has 2 N–H and O–H groups in total. The van der Waals surface area contributed by atoms with Gasteiger partial charge in [0.1, 0.15) is 5.82 Å². The fraction of sp³-hybridized carbons (Fsp3) is 0.545. The number of nitrogens with one attached hydrogen (secondary N) is 1. The van der Waals surface area contributed by atoms with Gasteiger partial charge in [0, 0.05) is 19.3 Å². The van der Waals surface area contributed by atoms with Gasteiger partial charge in [-0.1, -0.05) is 13.8 Å². The molecule has 1 aromatic heterocycles. The highest BCUT2D eigenvalue weighted by Gasteiger charge is 2.00. The van der Waals surface area contributed by atoms with Gasteiger partial charge in [-0.15, -0.1) is 0 Å². The molecule has 0 unspecified atom stereocenters. The summed E-state index contributed by atoms with van der Waals surface area (Å²) in [4.78, 5) is 4.20. The van der Waals surface area contributed by atoms with Crippen LogP contribution in [0.2, 0.25) is 0 Å². The molecule has 0 atom stereocenters. The van der Waals surface area contributed by atoms with Gasteiger partial charge in [-0.05, 0) is 30.0 Å². The van der Waals surface area contributed by atoms with Gasteiger partial charge in [0.25, 0.3) is 0 Å². The van der Waals surface area contributed by atoms with Crippen molar-refractivity contribution >= 4 is 5.82 Å². The van der Waals surface area contributed by atoms with E-state index < -0.39 is 0 Å². The van der Waals surface area contributed by atoms with Crippen molar-refractivity contribution in [3.05, 3.63) is 23.9 Å². The third-order valence-corrected chi connectivity index (χ3v) is 2.09. The van der Waals surface area contributed by atoms with Crippen LogP contribution in [-0.2, 0) is 0 Å². The summed E-state index contributed by atoms with van der Waals surface area (Å²) >= 11 is 0. The first kappa shape index (κ1) is 11.0. The van der Waals surface area contributed by atoms with E-state index in [1.54, 1.807) is 0 Å². The molecule has 0 amide bonds. The van der Waals surface area contributed by atoms with Crippen molar-refractivity contribution in [2.24, 2.45) is 0 Å². The normalized spacial score (nSPS) is 10.6. The number of hydrogen-bond acceptors (Lipinski definition) is 3. The van der Waals surface area contributed by atoms with E-state index in [1.165, 1.54) is 5.56 Å². The molecule has 1 heterocycles. The Labute approximate surface area is 85.2 Å². The Balaban J connectivity index is 2.55. The fourth-order valence-corrected chi connectivity index (χ4v) is 1.20. The van der Waals surface area contributed by atoms with Crippen LogP contribution in [-0.4, -0.2) is 23.2 Å². The van der Waals surface area contributed by atoms with Gasteiger partial charge in [0.05, 0.1) is 0 Å². The quantitative estimate of drug-likeness (QED) is 0.705. The number of pyridine rings is 1. The van der Waals surface area contributed by atoms with Crippen molar-refractivity contribution in [3.63, 3.8) is 0 Å². The Morgan fingerprint density at radius 1 is 1.50 bits per heavy atom. The van der Waals surface area contributed by atoms with Crippen LogP contribution in [0.15, 0.2) is 18.3 Å². The van der Waals surface area contributed by atoms with Crippen molar-refractivity contribution < 1.29 is 5.11 Å². The van der Waals surface area contributed by atoms with Crippen LogP contribution in [0.4, 0.5) is 5.82 Å².